The molecule has 3 saturated heterocycles. The first-order valence-electron chi connectivity index (χ1n) is 19.9. The first-order chi connectivity index (χ1) is 26.5. The molecule has 3 fully saturated rings. The number of carbonyl (C=O) groups is 4. The third kappa shape index (κ3) is 9.33. The minimum Gasteiger partial charge on any atom is -0.458 e. The highest BCUT2D eigenvalue weighted by Crippen LogP contribution is 2.42. The number of aliphatic hydroxyl groups is 1. The normalized spacial score (nSPS) is 34.9. The molecule has 5 rings (SSSR count). The van der Waals surface area contributed by atoms with Gasteiger partial charge in [-0.05, 0) is 86.0 Å². The molecule has 3 aliphatic rings. The van der Waals surface area contributed by atoms with Gasteiger partial charge in [-0.25, -0.2) is 9.78 Å². The number of rotatable bonds is 11. The number of hydrogen-bond donors (Lipinski definition) is 1. The van der Waals surface area contributed by atoms with Crippen molar-refractivity contribution in [1.82, 2.24) is 24.3 Å². The lowest BCUT2D eigenvalue weighted by molar-refractivity contribution is -0.289. The Morgan fingerprint density at radius 1 is 1.07 bits per heavy atom. The van der Waals surface area contributed by atoms with Crippen LogP contribution in [0.2, 0.25) is 0 Å². The lowest BCUT2D eigenvalue weighted by atomic mass is 9.77. The molecule has 0 radical (unpaired) electrons. The van der Waals surface area contributed by atoms with Crippen molar-refractivity contribution in [1.29, 1.82) is 0 Å². The predicted molar refractivity (Wildman–Crippen MR) is 205 cm³/mol. The van der Waals surface area contributed by atoms with Crippen LogP contribution in [-0.2, 0) is 44.6 Å². The summed E-state index contributed by atoms with van der Waals surface area (Å²) in [5, 5.41) is 11.3. The van der Waals surface area contributed by atoms with Crippen LogP contribution >= 0.6 is 0 Å². The van der Waals surface area contributed by atoms with Crippen LogP contribution in [0.5, 0.6) is 0 Å². The number of hydrogen-bond acceptors (Lipinski definition) is 13. The van der Waals surface area contributed by atoms with Crippen LogP contribution in [0, 0.1) is 11.8 Å². The van der Waals surface area contributed by atoms with Crippen LogP contribution in [0.15, 0.2) is 37.1 Å². The van der Waals surface area contributed by atoms with Crippen LogP contribution in [0.4, 0.5) is 4.79 Å². The average molecular weight is 784 g/mol. The zero-order chi connectivity index (χ0) is 40.9. The summed E-state index contributed by atoms with van der Waals surface area (Å²) in [7, 11) is 5.22. The summed E-state index contributed by atoms with van der Waals surface area (Å²) >= 11 is 0. The third-order valence-electron chi connectivity index (χ3n) is 12.2. The summed E-state index contributed by atoms with van der Waals surface area (Å²) in [5.74, 6) is -3.30. The van der Waals surface area contributed by atoms with Crippen molar-refractivity contribution in [2.75, 3.05) is 27.7 Å². The highest BCUT2D eigenvalue weighted by atomic mass is 16.7. The molecule has 0 aromatic carbocycles. The number of methoxy groups -OCH3 is 1. The molecular formula is C41H61N5O10. The maximum atomic E-state index is 14.3. The Labute approximate surface area is 330 Å². The van der Waals surface area contributed by atoms with E-state index in [0.717, 1.165) is 11.3 Å². The summed E-state index contributed by atoms with van der Waals surface area (Å²) in [6.07, 6.45) is 4.40. The van der Waals surface area contributed by atoms with E-state index in [1.165, 1.54) is 14.0 Å². The topological polar surface area (TPSA) is 172 Å². The van der Waals surface area contributed by atoms with Gasteiger partial charge in [-0.2, -0.15) is 0 Å². The number of pyridine rings is 1. The number of likely N-dealkylation sites (N-methyl/N-ethyl adjacent to an activating group) is 1. The number of carbonyl (C=O) groups excluding carboxylic acids is 4. The van der Waals surface area contributed by atoms with Gasteiger partial charge in [0, 0.05) is 69.2 Å². The van der Waals surface area contributed by atoms with Gasteiger partial charge in [0.1, 0.15) is 29.7 Å². The molecule has 11 atom stereocenters. The number of nitrogens with zero attached hydrogens (tertiary/aromatic N) is 5. The highest BCUT2D eigenvalue weighted by molar-refractivity contribution is 5.99. The van der Waals surface area contributed by atoms with Crippen LogP contribution in [0.3, 0.4) is 0 Å². The summed E-state index contributed by atoms with van der Waals surface area (Å²) < 4.78 is 32.7. The number of imidazole rings is 1. The summed E-state index contributed by atoms with van der Waals surface area (Å²) in [6, 6.07) is 2.78. The van der Waals surface area contributed by atoms with Crippen LogP contribution in [0.1, 0.15) is 86.5 Å². The Bertz CT molecular complexity index is 1670. The predicted octanol–water partition coefficient (Wildman–Crippen LogP) is 4.44. The van der Waals surface area contributed by atoms with Gasteiger partial charge in [0.25, 0.3) is 0 Å². The van der Waals surface area contributed by atoms with E-state index >= 15 is 0 Å². The largest absolute Gasteiger partial charge is 0.458 e. The number of esters is 1. The maximum absolute atomic E-state index is 14.3. The summed E-state index contributed by atoms with van der Waals surface area (Å²) in [4.78, 5) is 67.9. The standard InChI is InChI=1S/C41H61N5O10/c1-10-33-41(6)36(46(39(51)56-41)19-12-11-18-45-23-29(43-24-45)28-14-13-17-42-22-28)26(3)31(47)15-16-40(5,52-9)34(21-32(48)27(4)37(50)54-33)55-38-35(49)30(44(7)8)20-25(2)53-38/h13-14,17,22-27,30,33-36,38,49H,10-12,15-16,18-21H2,1-9H3/t25-,26-,27+,30+,33+,34+,35-,36-,38-,40+,41+/m0/s1. The van der Waals surface area contributed by atoms with Gasteiger partial charge in [0.15, 0.2) is 11.9 Å². The van der Waals surface area contributed by atoms with Crippen molar-refractivity contribution in [3.05, 3.63) is 37.1 Å². The fourth-order valence-electron chi connectivity index (χ4n) is 8.44. The molecule has 5 heterocycles. The molecule has 1 N–H and O–H groups in total. The fraction of sp³-hybridized carbons (Fsp3) is 0.707. The Balaban J connectivity index is 1.38. The van der Waals surface area contributed by atoms with Crippen LogP contribution < -0.4 is 0 Å². The number of amides is 1. The first-order valence-corrected chi connectivity index (χ1v) is 19.9. The molecule has 1 amide bonds. The molecule has 2 aromatic heterocycles. The number of aromatic nitrogens is 3. The molecule has 56 heavy (non-hydrogen) atoms. The van der Waals surface area contributed by atoms with E-state index in [4.69, 9.17) is 23.7 Å². The minimum atomic E-state index is -1.38. The van der Waals surface area contributed by atoms with Crippen molar-refractivity contribution in [2.24, 2.45) is 11.8 Å². The highest BCUT2D eigenvalue weighted by Gasteiger charge is 2.59. The van der Waals surface area contributed by atoms with Gasteiger partial charge >= 0.3 is 12.1 Å². The molecule has 0 aliphatic carbocycles. The van der Waals surface area contributed by atoms with Gasteiger partial charge < -0.3 is 43.2 Å². The van der Waals surface area contributed by atoms with Crippen molar-refractivity contribution < 1.29 is 48.0 Å². The van der Waals surface area contributed by atoms with Gasteiger partial charge in [-0.3, -0.25) is 19.4 Å². The summed E-state index contributed by atoms with van der Waals surface area (Å²) in [5.41, 5.74) is -0.856. The number of ketones is 2. The molecule has 310 valence electrons. The molecule has 0 spiro atoms. The SMILES string of the molecule is CC[C@H]1OC(=O)[C@H](C)C(=O)C[C@@H](O[C@@H]2O[C@@H](C)C[C@@H](N(C)C)[C@@H]2O)[C@](C)(OC)CCC(=O)[C@H](C)[C@@H]2N(CCCCn3cnc(-c4cccnc4)c3)C(=O)O[C@@]21C. The second-order valence-electron chi connectivity index (χ2n) is 16.3. The Hall–Kier alpha value is -3.76. The van der Waals surface area contributed by atoms with E-state index in [-0.39, 0.29) is 43.6 Å². The van der Waals surface area contributed by atoms with Gasteiger partial charge in [-0.15, -0.1) is 0 Å². The van der Waals surface area contributed by atoms with Crippen LogP contribution in [0.25, 0.3) is 11.3 Å². The second-order valence-corrected chi connectivity index (χ2v) is 16.3. The monoisotopic (exact) mass is 783 g/mol. The minimum absolute atomic E-state index is 0.0327. The molecule has 0 saturated carbocycles. The second kappa shape index (κ2) is 18.2. The quantitative estimate of drug-likeness (QED) is 0.193. The molecular weight excluding hydrogens is 722 g/mol. The molecule has 0 bridgehead atoms. The number of fused-ring (bicyclic) bond motifs is 1. The molecule has 2 aromatic rings. The zero-order valence-corrected chi connectivity index (χ0v) is 34.4. The van der Waals surface area contributed by atoms with E-state index in [9.17, 15) is 24.3 Å². The average Bonchev–Trinajstić information content (AvgIpc) is 3.75. The lowest BCUT2D eigenvalue weighted by Crippen LogP contribution is -2.58. The van der Waals surface area contributed by atoms with Crippen molar-refractivity contribution in [3.63, 3.8) is 0 Å². The van der Waals surface area contributed by atoms with E-state index in [1.807, 2.05) is 55.7 Å². The fourth-order valence-corrected chi connectivity index (χ4v) is 8.44. The molecule has 3 aliphatic heterocycles. The van der Waals surface area contributed by atoms with Crippen molar-refractivity contribution in [2.45, 2.75) is 147 Å². The van der Waals surface area contributed by atoms with Crippen molar-refractivity contribution >= 4 is 23.6 Å². The molecule has 15 nitrogen and oxygen atoms in total. The third-order valence-corrected chi connectivity index (χ3v) is 12.2. The smallest absolute Gasteiger partial charge is 0.410 e. The Morgan fingerprint density at radius 2 is 1.80 bits per heavy atom. The van der Waals surface area contributed by atoms with E-state index < -0.39 is 71.5 Å². The number of ether oxygens (including phenoxy) is 5. The maximum Gasteiger partial charge on any atom is 0.410 e. The Morgan fingerprint density at radius 3 is 2.46 bits per heavy atom. The first kappa shape index (κ1) is 43.4. The number of aliphatic hydroxyl groups excluding tert-OH is 1. The number of Topliss-reactive ketones (excluding diaryl/α,β-unsaturated/α-hetero) is 2. The Kier molecular flexibility index (Phi) is 14.1. The van der Waals surface area contributed by atoms with E-state index in [1.54, 1.807) is 44.4 Å². The van der Waals surface area contributed by atoms with Crippen LogP contribution in [-0.4, -0.2) is 135 Å². The number of aryl methyl sites for hydroxylation is 1. The number of unbranched alkanes of at least 4 members (excludes halogenated alkanes) is 1. The summed E-state index contributed by atoms with van der Waals surface area (Å²) in [6.45, 7) is 11.4. The van der Waals surface area contributed by atoms with Crippen molar-refractivity contribution in [3.8, 4) is 11.3 Å². The lowest BCUT2D eigenvalue weighted by Gasteiger charge is -2.45. The van der Waals surface area contributed by atoms with Gasteiger partial charge in [-0.1, -0.05) is 13.8 Å². The van der Waals surface area contributed by atoms with Gasteiger partial charge in [0.2, 0.25) is 0 Å². The zero-order valence-electron chi connectivity index (χ0n) is 34.4. The molecule has 15 heteroatoms. The molecule has 0 unspecified atom stereocenters. The number of cyclic esters (lactones) is 1. The van der Waals surface area contributed by atoms with E-state index in [0.29, 0.717) is 32.4 Å². The van der Waals surface area contributed by atoms with E-state index in [2.05, 4.69) is 9.97 Å². The van der Waals surface area contributed by atoms with Gasteiger partial charge in [0.05, 0.1) is 35.9 Å².